The predicted octanol–water partition coefficient (Wildman–Crippen LogP) is 2.61. The highest BCUT2D eigenvalue weighted by atomic mass is 127. The molecule has 0 amide bonds. The molecule has 0 bridgehead atoms. The zero-order valence-electron chi connectivity index (χ0n) is 14.3. The molecule has 1 aromatic heterocycles. The summed E-state index contributed by atoms with van der Waals surface area (Å²) in [6, 6.07) is 4.28. The average molecular weight is 452 g/mol. The molecule has 0 radical (unpaired) electrons. The first-order valence-electron chi connectivity index (χ1n) is 8.10. The van der Waals surface area contributed by atoms with Gasteiger partial charge >= 0.3 is 0 Å². The van der Waals surface area contributed by atoms with Crippen molar-refractivity contribution >= 4 is 46.3 Å². The molecular formula is C16H29IN4OS. The number of thiophene rings is 1. The van der Waals surface area contributed by atoms with Gasteiger partial charge in [-0.1, -0.05) is 6.92 Å². The molecule has 0 spiro atoms. The number of hydrogen-bond donors (Lipinski definition) is 2. The molecular weight excluding hydrogens is 423 g/mol. The molecule has 1 unspecified atom stereocenters. The van der Waals surface area contributed by atoms with Crippen molar-refractivity contribution < 1.29 is 5.11 Å². The number of rotatable bonds is 5. The highest BCUT2D eigenvalue weighted by Crippen LogP contribution is 2.22. The number of hydrogen-bond acceptors (Lipinski definition) is 4. The first-order chi connectivity index (χ1) is 10.6. The molecule has 1 aromatic rings. The van der Waals surface area contributed by atoms with Gasteiger partial charge in [-0.3, -0.25) is 4.99 Å². The number of nitrogens with one attached hydrogen (secondary N) is 1. The summed E-state index contributed by atoms with van der Waals surface area (Å²) in [4.78, 5) is 9.35. The number of piperazine rings is 1. The first kappa shape index (κ1) is 20.5. The largest absolute Gasteiger partial charge is 0.388 e. The summed E-state index contributed by atoms with van der Waals surface area (Å²) in [7, 11) is 0. The maximum absolute atomic E-state index is 10.1. The minimum Gasteiger partial charge on any atom is -0.388 e. The molecule has 2 N–H and O–H groups in total. The van der Waals surface area contributed by atoms with E-state index in [0.29, 0.717) is 13.0 Å². The smallest absolute Gasteiger partial charge is 0.194 e. The third-order valence-electron chi connectivity index (χ3n) is 4.06. The van der Waals surface area contributed by atoms with E-state index in [2.05, 4.69) is 44.5 Å². The third-order valence-corrected chi connectivity index (χ3v) is 4.99. The lowest BCUT2D eigenvalue weighted by molar-refractivity contribution is 0.0653. The summed E-state index contributed by atoms with van der Waals surface area (Å²) in [5.74, 6) is 0.919. The summed E-state index contributed by atoms with van der Waals surface area (Å²) in [6.45, 7) is 11.1. The van der Waals surface area contributed by atoms with Crippen molar-refractivity contribution in [1.82, 2.24) is 10.2 Å². The average Bonchev–Trinajstić information content (AvgIpc) is 3.06. The van der Waals surface area contributed by atoms with Crippen LogP contribution in [0, 0.1) is 0 Å². The lowest BCUT2D eigenvalue weighted by Gasteiger charge is -2.37. The van der Waals surface area contributed by atoms with Crippen molar-refractivity contribution in [3.63, 3.8) is 0 Å². The van der Waals surface area contributed by atoms with Crippen molar-refractivity contribution in [2.45, 2.75) is 32.8 Å². The van der Waals surface area contributed by atoms with Gasteiger partial charge < -0.3 is 20.2 Å². The summed E-state index contributed by atoms with van der Waals surface area (Å²) in [5, 5.41) is 17.0. The Morgan fingerprint density at radius 3 is 2.57 bits per heavy atom. The molecule has 1 fully saturated rings. The van der Waals surface area contributed by atoms with Crippen molar-refractivity contribution in [3.8, 4) is 0 Å². The van der Waals surface area contributed by atoms with E-state index >= 15 is 0 Å². The molecule has 0 aromatic carbocycles. The summed E-state index contributed by atoms with van der Waals surface area (Å²) >= 11 is 1.79. The van der Waals surface area contributed by atoms with Crippen molar-refractivity contribution in [3.05, 3.63) is 17.5 Å². The molecule has 0 aliphatic carbocycles. The van der Waals surface area contributed by atoms with Crippen LogP contribution in [0.5, 0.6) is 0 Å². The summed E-state index contributed by atoms with van der Waals surface area (Å²) < 4.78 is 0. The quantitative estimate of drug-likeness (QED) is 0.410. The van der Waals surface area contributed by atoms with E-state index in [4.69, 9.17) is 0 Å². The number of nitrogens with zero attached hydrogens (tertiary/aromatic N) is 3. The van der Waals surface area contributed by atoms with E-state index in [1.165, 1.54) is 5.00 Å². The Hall–Kier alpha value is -0.540. The molecule has 132 valence electrons. The molecule has 1 saturated heterocycles. The Morgan fingerprint density at radius 1 is 1.35 bits per heavy atom. The molecule has 1 aliphatic rings. The highest BCUT2D eigenvalue weighted by Gasteiger charge is 2.22. The van der Waals surface area contributed by atoms with Gasteiger partial charge in [0, 0.05) is 32.7 Å². The van der Waals surface area contributed by atoms with E-state index in [1.807, 2.05) is 13.8 Å². The van der Waals surface area contributed by atoms with Crippen LogP contribution < -0.4 is 10.2 Å². The SMILES string of the molecule is CCNC(=NCC(C)(O)CC)N1CCN(c2cccs2)CC1.I. The molecule has 7 heteroatoms. The van der Waals surface area contributed by atoms with E-state index < -0.39 is 5.60 Å². The monoisotopic (exact) mass is 452 g/mol. The van der Waals surface area contributed by atoms with Gasteiger partial charge in [0.25, 0.3) is 0 Å². The topological polar surface area (TPSA) is 51.1 Å². The van der Waals surface area contributed by atoms with Crippen molar-refractivity contribution in [2.75, 3.05) is 44.2 Å². The first-order valence-corrected chi connectivity index (χ1v) is 8.98. The van der Waals surface area contributed by atoms with Gasteiger partial charge in [-0.2, -0.15) is 0 Å². The molecule has 23 heavy (non-hydrogen) atoms. The van der Waals surface area contributed by atoms with E-state index in [1.54, 1.807) is 11.3 Å². The maximum Gasteiger partial charge on any atom is 0.194 e. The van der Waals surface area contributed by atoms with E-state index in [0.717, 1.165) is 38.7 Å². The second-order valence-electron chi connectivity index (χ2n) is 5.95. The lowest BCUT2D eigenvalue weighted by Crippen LogP contribution is -2.52. The third kappa shape index (κ3) is 6.11. The molecule has 0 saturated carbocycles. The molecule has 5 nitrogen and oxygen atoms in total. The minimum atomic E-state index is -0.723. The Morgan fingerprint density at radius 2 is 2.04 bits per heavy atom. The molecule has 1 aliphatic heterocycles. The van der Waals surface area contributed by atoms with Crippen LogP contribution in [0.15, 0.2) is 22.5 Å². The van der Waals surface area contributed by atoms with Crippen LogP contribution in [0.4, 0.5) is 5.00 Å². The van der Waals surface area contributed by atoms with Crippen LogP contribution in [-0.2, 0) is 0 Å². The number of halogens is 1. The zero-order valence-corrected chi connectivity index (χ0v) is 17.4. The number of aliphatic imine (C=N–C) groups is 1. The molecule has 2 rings (SSSR count). The van der Waals surface area contributed by atoms with Crippen LogP contribution in [0.3, 0.4) is 0 Å². The van der Waals surface area contributed by atoms with Gasteiger partial charge in [0.2, 0.25) is 0 Å². The van der Waals surface area contributed by atoms with Crippen LogP contribution >= 0.6 is 35.3 Å². The maximum atomic E-state index is 10.1. The minimum absolute atomic E-state index is 0. The lowest BCUT2D eigenvalue weighted by atomic mass is 10.1. The Kier molecular flexibility index (Phi) is 8.63. The fraction of sp³-hybridized carbons (Fsp3) is 0.688. The second-order valence-corrected chi connectivity index (χ2v) is 6.87. The fourth-order valence-electron chi connectivity index (χ4n) is 2.37. The van der Waals surface area contributed by atoms with Crippen LogP contribution in [0.1, 0.15) is 27.2 Å². The van der Waals surface area contributed by atoms with Gasteiger partial charge in [0.1, 0.15) is 0 Å². The van der Waals surface area contributed by atoms with Gasteiger partial charge in [0.05, 0.1) is 17.1 Å². The molecule has 2 heterocycles. The van der Waals surface area contributed by atoms with Gasteiger partial charge in [-0.25, -0.2) is 0 Å². The normalized spacial score (nSPS) is 18.3. The van der Waals surface area contributed by atoms with Gasteiger partial charge in [-0.15, -0.1) is 35.3 Å². The van der Waals surface area contributed by atoms with Crippen LogP contribution in [-0.4, -0.2) is 60.8 Å². The van der Waals surface area contributed by atoms with Crippen molar-refractivity contribution in [2.24, 2.45) is 4.99 Å². The summed E-state index contributed by atoms with van der Waals surface area (Å²) in [6.07, 6.45) is 0.710. The van der Waals surface area contributed by atoms with Gasteiger partial charge in [-0.05, 0) is 37.8 Å². The number of aliphatic hydroxyl groups is 1. The number of anilines is 1. The van der Waals surface area contributed by atoms with E-state index in [9.17, 15) is 5.11 Å². The fourth-order valence-corrected chi connectivity index (χ4v) is 3.16. The van der Waals surface area contributed by atoms with Gasteiger partial charge in [0.15, 0.2) is 5.96 Å². The van der Waals surface area contributed by atoms with E-state index in [-0.39, 0.29) is 24.0 Å². The Bertz CT molecular complexity index is 470. The Balaban J connectivity index is 0.00000264. The summed E-state index contributed by atoms with van der Waals surface area (Å²) in [5.41, 5.74) is -0.723. The second kappa shape index (κ2) is 9.68. The Labute approximate surface area is 160 Å². The predicted molar refractivity (Wildman–Crippen MR) is 110 cm³/mol. The standard InChI is InChI=1S/C16H28N4OS.HI/c1-4-16(3,21)13-18-15(17-5-2)20-10-8-19(9-11-20)14-7-6-12-22-14;/h6-7,12,21H,4-5,8-11,13H2,1-3H3,(H,17,18);1H. The number of guanidine groups is 1. The van der Waals surface area contributed by atoms with Crippen LogP contribution in [0.25, 0.3) is 0 Å². The molecule has 1 atom stereocenters. The zero-order chi connectivity index (χ0) is 16.0. The highest BCUT2D eigenvalue weighted by molar-refractivity contribution is 14.0. The van der Waals surface area contributed by atoms with Crippen LogP contribution in [0.2, 0.25) is 0 Å². The van der Waals surface area contributed by atoms with Crippen molar-refractivity contribution in [1.29, 1.82) is 0 Å².